The van der Waals surface area contributed by atoms with Crippen molar-refractivity contribution in [3.63, 3.8) is 0 Å². The van der Waals surface area contributed by atoms with Gasteiger partial charge in [-0.25, -0.2) is 4.79 Å². The molecule has 0 aromatic carbocycles. The van der Waals surface area contributed by atoms with Crippen molar-refractivity contribution in [1.82, 2.24) is 5.32 Å². The maximum atomic E-state index is 11.3. The van der Waals surface area contributed by atoms with Crippen LogP contribution in [0.5, 0.6) is 0 Å². The number of halogens is 1. The van der Waals surface area contributed by atoms with Crippen molar-refractivity contribution >= 4 is 22.0 Å². The monoisotopic (exact) mass is 281 g/mol. The molecule has 15 heavy (non-hydrogen) atoms. The lowest BCUT2D eigenvalue weighted by Gasteiger charge is -2.27. The van der Waals surface area contributed by atoms with Gasteiger partial charge in [-0.1, -0.05) is 15.9 Å². The topological polar surface area (TPSA) is 47.6 Å². The number of carbonyl (C=O) groups excluding carboxylic acids is 1. The Morgan fingerprint density at radius 2 is 1.87 bits per heavy atom. The zero-order chi connectivity index (χ0) is 12.1. The second-order valence-corrected chi connectivity index (χ2v) is 5.20. The smallest absolute Gasteiger partial charge is 0.407 e. The molecule has 0 fully saturated rings. The second kappa shape index (κ2) is 5.70. The fourth-order valence-corrected chi connectivity index (χ4v) is 1.17. The van der Waals surface area contributed by atoms with Gasteiger partial charge in [0.2, 0.25) is 0 Å². The van der Waals surface area contributed by atoms with Crippen LogP contribution in [0.3, 0.4) is 0 Å². The second-order valence-electron chi connectivity index (χ2n) is 4.64. The van der Waals surface area contributed by atoms with Crippen molar-refractivity contribution in [2.24, 2.45) is 0 Å². The van der Waals surface area contributed by atoms with E-state index >= 15 is 0 Å². The molecule has 1 amide bonds. The Kier molecular flexibility index (Phi) is 5.59. The number of ether oxygens (including phenoxy) is 2. The molecule has 1 atom stereocenters. The molecule has 0 radical (unpaired) electrons. The van der Waals surface area contributed by atoms with E-state index in [1.165, 1.54) is 0 Å². The van der Waals surface area contributed by atoms with E-state index in [1.54, 1.807) is 7.11 Å². The summed E-state index contributed by atoms with van der Waals surface area (Å²) < 4.78 is 10.4. The van der Waals surface area contributed by atoms with E-state index in [0.29, 0.717) is 11.9 Å². The SMILES string of the molecule is COC(C)(CBr)CNC(=O)OC(C)(C)C. The normalized spacial score (nSPS) is 15.6. The van der Waals surface area contributed by atoms with E-state index in [1.807, 2.05) is 27.7 Å². The number of alkyl carbamates (subject to hydrolysis) is 1. The Bertz CT molecular complexity index is 209. The summed E-state index contributed by atoms with van der Waals surface area (Å²) in [4.78, 5) is 11.3. The van der Waals surface area contributed by atoms with Crippen LogP contribution >= 0.6 is 15.9 Å². The Labute approximate surface area is 99.8 Å². The van der Waals surface area contributed by atoms with Gasteiger partial charge in [-0.3, -0.25) is 0 Å². The molecule has 0 spiro atoms. The molecule has 0 aromatic rings. The van der Waals surface area contributed by atoms with Crippen LogP contribution < -0.4 is 5.32 Å². The Balaban J connectivity index is 4.00. The van der Waals surface area contributed by atoms with Crippen LogP contribution in [-0.2, 0) is 9.47 Å². The lowest BCUT2D eigenvalue weighted by Crippen LogP contribution is -2.45. The predicted molar refractivity (Wildman–Crippen MR) is 63.4 cm³/mol. The predicted octanol–water partition coefficient (Wildman–Crippen LogP) is 2.31. The molecular weight excluding hydrogens is 262 g/mol. The third-order valence-electron chi connectivity index (χ3n) is 1.78. The van der Waals surface area contributed by atoms with E-state index in [4.69, 9.17) is 9.47 Å². The number of hydrogen-bond donors (Lipinski definition) is 1. The first kappa shape index (κ1) is 14.7. The van der Waals surface area contributed by atoms with E-state index < -0.39 is 17.3 Å². The minimum atomic E-state index is -0.470. The van der Waals surface area contributed by atoms with Crippen molar-refractivity contribution in [3.8, 4) is 0 Å². The van der Waals surface area contributed by atoms with Gasteiger partial charge in [-0.2, -0.15) is 0 Å². The Hall–Kier alpha value is -0.290. The average Bonchev–Trinajstić information content (AvgIpc) is 2.12. The number of carbonyl (C=O) groups is 1. The van der Waals surface area contributed by atoms with Crippen LogP contribution in [0.15, 0.2) is 0 Å². The number of hydrogen-bond acceptors (Lipinski definition) is 3. The first-order chi connectivity index (χ1) is 6.72. The van der Waals surface area contributed by atoms with Crippen molar-refractivity contribution in [2.45, 2.75) is 38.9 Å². The summed E-state index contributed by atoms with van der Waals surface area (Å²) in [6.45, 7) is 7.79. The molecule has 0 aliphatic carbocycles. The van der Waals surface area contributed by atoms with Gasteiger partial charge in [0.25, 0.3) is 0 Å². The average molecular weight is 282 g/mol. The van der Waals surface area contributed by atoms with Crippen LogP contribution in [0.2, 0.25) is 0 Å². The number of amides is 1. The van der Waals surface area contributed by atoms with Crippen molar-refractivity contribution in [2.75, 3.05) is 19.0 Å². The van der Waals surface area contributed by atoms with E-state index in [-0.39, 0.29) is 0 Å². The summed E-state index contributed by atoms with van der Waals surface area (Å²) in [5.41, 5.74) is -0.876. The first-order valence-electron chi connectivity index (χ1n) is 4.80. The van der Waals surface area contributed by atoms with Crippen LogP contribution in [0.25, 0.3) is 0 Å². The van der Waals surface area contributed by atoms with Crippen molar-refractivity contribution in [3.05, 3.63) is 0 Å². The molecule has 0 saturated carbocycles. The molecule has 4 nitrogen and oxygen atoms in total. The lowest BCUT2D eigenvalue weighted by atomic mass is 10.1. The summed E-state index contributed by atoms with van der Waals surface area (Å²) >= 11 is 3.33. The maximum Gasteiger partial charge on any atom is 0.407 e. The molecule has 0 aromatic heterocycles. The van der Waals surface area contributed by atoms with Gasteiger partial charge in [0, 0.05) is 12.4 Å². The number of rotatable bonds is 4. The summed E-state index contributed by atoms with van der Waals surface area (Å²) in [6, 6.07) is 0. The van der Waals surface area contributed by atoms with E-state index in [9.17, 15) is 4.79 Å². The third-order valence-corrected chi connectivity index (χ3v) is 2.97. The quantitative estimate of drug-likeness (QED) is 0.805. The minimum Gasteiger partial charge on any atom is -0.444 e. The lowest BCUT2D eigenvalue weighted by molar-refractivity contribution is 0.0177. The summed E-state index contributed by atoms with van der Waals surface area (Å²) in [5.74, 6) is 0. The van der Waals surface area contributed by atoms with Gasteiger partial charge in [0.1, 0.15) is 5.60 Å². The van der Waals surface area contributed by atoms with Crippen molar-refractivity contribution < 1.29 is 14.3 Å². The molecule has 0 aliphatic heterocycles. The largest absolute Gasteiger partial charge is 0.444 e. The Morgan fingerprint density at radius 1 is 1.33 bits per heavy atom. The molecule has 0 heterocycles. The number of methoxy groups -OCH3 is 1. The molecule has 0 bridgehead atoms. The van der Waals surface area contributed by atoms with Crippen LogP contribution in [0.4, 0.5) is 4.79 Å². The van der Waals surface area contributed by atoms with Crippen LogP contribution in [0, 0.1) is 0 Å². The molecule has 5 heteroatoms. The molecule has 0 saturated heterocycles. The molecule has 1 N–H and O–H groups in total. The van der Waals surface area contributed by atoms with Gasteiger partial charge in [-0.05, 0) is 27.7 Å². The highest BCUT2D eigenvalue weighted by Crippen LogP contribution is 2.12. The van der Waals surface area contributed by atoms with E-state index in [2.05, 4.69) is 21.2 Å². The third kappa shape index (κ3) is 6.73. The zero-order valence-corrected chi connectivity index (χ0v) is 11.6. The van der Waals surface area contributed by atoms with E-state index in [0.717, 1.165) is 0 Å². The molecular formula is C10H20BrNO3. The summed E-state index contributed by atoms with van der Waals surface area (Å²) in [6.07, 6.45) is -0.424. The molecule has 90 valence electrons. The van der Waals surface area contributed by atoms with Gasteiger partial charge in [0.15, 0.2) is 0 Å². The summed E-state index contributed by atoms with van der Waals surface area (Å²) in [5, 5.41) is 3.31. The fourth-order valence-electron chi connectivity index (χ4n) is 0.747. The van der Waals surface area contributed by atoms with Gasteiger partial charge in [0.05, 0.1) is 12.1 Å². The standard InChI is InChI=1S/C10H20BrNO3/c1-9(2,3)15-8(13)12-7-10(4,6-11)14-5/h6-7H2,1-5H3,(H,12,13). The highest BCUT2D eigenvalue weighted by molar-refractivity contribution is 9.09. The molecule has 0 aliphatic rings. The number of nitrogens with one attached hydrogen (secondary N) is 1. The fraction of sp³-hybridized carbons (Fsp3) is 0.900. The van der Waals surface area contributed by atoms with Crippen molar-refractivity contribution in [1.29, 1.82) is 0 Å². The summed E-state index contributed by atoms with van der Waals surface area (Å²) in [7, 11) is 1.61. The van der Waals surface area contributed by atoms with Crippen LogP contribution in [0.1, 0.15) is 27.7 Å². The zero-order valence-electron chi connectivity index (χ0n) is 10.0. The van der Waals surface area contributed by atoms with Gasteiger partial charge < -0.3 is 14.8 Å². The molecule has 1 unspecified atom stereocenters. The molecule has 0 rings (SSSR count). The number of alkyl halides is 1. The Morgan fingerprint density at radius 3 is 2.20 bits per heavy atom. The minimum absolute atomic E-state index is 0.406. The highest BCUT2D eigenvalue weighted by Gasteiger charge is 2.24. The van der Waals surface area contributed by atoms with Crippen LogP contribution in [-0.4, -0.2) is 36.3 Å². The first-order valence-corrected chi connectivity index (χ1v) is 5.92. The highest BCUT2D eigenvalue weighted by atomic mass is 79.9. The van der Waals surface area contributed by atoms with Gasteiger partial charge in [-0.15, -0.1) is 0 Å². The van der Waals surface area contributed by atoms with Gasteiger partial charge >= 0.3 is 6.09 Å². The maximum absolute atomic E-state index is 11.3.